The molecule has 0 unspecified atom stereocenters. The number of hydrogen-bond acceptors (Lipinski definition) is 6. The van der Waals surface area contributed by atoms with Gasteiger partial charge >= 0.3 is 0 Å². The van der Waals surface area contributed by atoms with E-state index in [9.17, 15) is 9.18 Å². The maximum absolute atomic E-state index is 14.2. The maximum atomic E-state index is 14.2. The first-order chi connectivity index (χ1) is 14.5. The average Bonchev–Trinajstić information content (AvgIpc) is 2.78. The number of aldehydes is 1. The van der Waals surface area contributed by atoms with Crippen LogP contribution >= 0.6 is 12.2 Å². The lowest BCUT2D eigenvalue weighted by Gasteiger charge is -2.13. The summed E-state index contributed by atoms with van der Waals surface area (Å²) in [4.78, 5) is 12.4. The zero-order valence-electron chi connectivity index (χ0n) is 17.5. The van der Waals surface area contributed by atoms with Crippen LogP contribution < -0.4 is 14.9 Å². The summed E-state index contributed by atoms with van der Waals surface area (Å²) >= 11 is 1.04. The maximum Gasteiger partial charge on any atom is 0.152 e. The largest absolute Gasteiger partial charge is 0.386 e. The molecule has 0 radical (unpaired) electrons. The smallest absolute Gasteiger partial charge is 0.152 e. The van der Waals surface area contributed by atoms with Gasteiger partial charge in [-0.15, -0.1) is 0 Å². The molecule has 0 fully saturated rings. The fourth-order valence-corrected chi connectivity index (χ4v) is 3.13. The first kappa shape index (κ1) is 23.3. The SMILES string of the molecule is CN(C)c1ccccc1C=O.CNc1cc(-c2ccccc2)c(F)cc1NSOC. The van der Waals surface area contributed by atoms with Crippen LogP contribution in [0, 0.1) is 5.82 Å². The lowest BCUT2D eigenvalue weighted by atomic mass is 10.0. The molecule has 0 aromatic heterocycles. The van der Waals surface area contributed by atoms with Gasteiger partial charge in [-0.2, -0.15) is 0 Å². The fourth-order valence-electron chi connectivity index (χ4n) is 2.78. The van der Waals surface area contributed by atoms with E-state index in [0.717, 1.165) is 41.0 Å². The number of rotatable bonds is 7. The van der Waals surface area contributed by atoms with Crippen LogP contribution in [-0.4, -0.2) is 34.5 Å². The van der Waals surface area contributed by atoms with Crippen LogP contribution in [0.3, 0.4) is 0 Å². The number of nitrogens with one attached hydrogen (secondary N) is 2. The van der Waals surface area contributed by atoms with Crippen molar-refractivity contribution in [1.29, 1.82) is 0 Å². The van der Waals surface area contributed by atoms with Crippen molar-refractivity contribution in [2.45, 2.75) is 0 Å². The zero-order valence-corrected chi connectivity index (χ0v) is 18.3. The molecular weight excluding hydrogens is 401 g/mol. The van der Waals surface area contributed by atoms with Crippen molar-refractivity contribution in [3.05, 3.63) is 78.1 Å². The van der Waals surface area contributed by atoms with E-state index in [2.05, 4.69) is 10.0 Å². The highest BCUT2D eigenvalue weighted by Gasteiger charge is 2.10. The van der Waals surface area contributed by atoms with E-state index >= 15 is 0 Å². The average molecular weight is 428 g/mol. The lowest BCUT2D eigenvalue weighted by molar-refractivity contribution is 0.112. The minimum atomic E-state index is -0.274. The van der Waals surface area contributed by atoms with Crippen molar-refractivity contribution >= 4 is 35.6 Å². The number of anilines is 3. The van der Waals surface area contributed by atoms with Crippen molar-refractivity contribution in [3.8, 4) is 11.1 Å². The van der Waals surface area contributed by atoms with Crippen LogP contribution in [0.4, 0.5) is 21.5 Å². The molecule has 0 saturated heterocycles. The molecule has 0 heterocycles. The van der Waals surface area contributed by atoms with E-state index in [1.54, 1.807) is 20.2 Å². The molecule has 3 aromatic rings. The van der Waals surface area contributed by atoms with Gasteiger partial charge in [0.2, 0.25) is 0 Å². The highest BCUT2D eigenvalue weighted by molar-refractivity contribution is 7.96. The number of para-hydroxylation sites is 1. The highest BCUT2D eigenvalue weighted by atomic mass is 32.2. The predicted octanol–water partition coefficient (Wildman–Crippen LogP) is 5.72. The third kappa shape index (κ3) is 6.23. The molecule has 0 aliphatic rings. The molecule has 3 rings (SSSR count). The monoisotopic (exact) mass is 427 g/mol. The van der Waals surface area contributed by atoms with E-state index in [1.807, 2.05) is 73.6 Å². The van der Waals surface area contributed by atoms with Crippen LogP contribution in [0.25, 0.3) is 11.1 Å². The molecule has 5 nitrogen and oxygen atoms in total. The van der Waals surface area contributed by atoms with Gasteiger partial charge in [-0.05, 0) is 23.8 Å². The van der Waals surface area contributed by atoms with Crippen molar-refractivity contribution in [1.82, 2.24) is 0 Å². The van der Waals surface area contributed by atoms with Crippen LogP contribution in [0.1, 0.15) is 10.4 Å². The molecule has 0 aliphatic heterocycles. The Balaban J connectivity index is 0.000000248. The Morgan fingerprint density at radius 1 is 1.00 bits per heavy atom. The molecule has 0 bridgehead atoms. The molecule has 0 spiro atoms. The Hall–Kier alpha value is -3.03. The van der Waals surface area contributed by atoms with Gasteiger partial charge in [0.25, 0.3) is 0 Å². The summed E-state index contributed by atoms with van der Waals surface area (Å²) in [6, 6.07) is 20.2. The van der Waals surface area contributed by atoms with E-state index in [-0.39, 0.29) is 5.82 Å². The molecule has 0 aliphatic carbocycles. The van der Waals surface area contributed by atoms with Gasteiger partial charge in [0.1, 0.15) is 18.0 Å². The molecule has 7 heteroatoms. The quantitative estimate of drug-likeness (QED) is 0.286. The number of halogens is 1. The summed E-state index contributed by atoms with van der Waals surface area (Å²) in [5.74, 6) is -0.274. The van der Waals surface area contributed by atoms with Crippen molar-refractivity contribution in [2.24, 2.45) is 0 Å². The number of nitrogens with zero attached hydrogens (tertiary/aromatic N) is 1. The molecule has 3 aromatic carbocycles. The van der Waals surface area contributed by atoms with Crippen LogP contribution in [0.5, 0.6) is 0 Å². The molecule has 30 heavy (non-hydrogen) atoms. The molecule has 0 saturated carbocycles. The van der Waals surface area contributed by atoms with Gasteiger partial charge in [-0.1, -0.05) is 42.5 Å². The normalized spacial score (nSPS) is 9.90. The summed E-state index contributed by atoms with van der Waals surface area (Å²) in [6.07, 6.45) is 0.870. The van der Waals surface area contributed by atoms with Gasteiger partial charge < -0.3 is 19.1 Å². The van der Waals surface area contributed by atoms with Crippen LogP contribution in [0.2, 0.25) is 0 Å². The Morgan fingerprint density at radius 3 is 2.23 bits per heavy atom. The standard InChI is InChI=1S/C14H15FN2OS.C9H11NO/c1-16-13-8-11(10-6-4-3-5-7-10)12(15)9-14(13)17-19-18-2;1-10(2)9-6-4-3-5-8(9)7-11/h3-9,16-17H,1-2H3;3-7H,1-2H3. The topological polar surface area (TPSA) is 53.6 Å². The summed E-state index contributed by atoms with van der Waals surface area (Å²) < 4.78 is 21.9. The van der Waals surface area contributed by atoms with E-state index < -0.39 is 0 Å². The predicted molar refractivity (Wildman–Crippen MR) is 126 cm³/mol. The second kappa shape index (κ2) is 11.8. The summed E-state index contributed by atoms with van der Waals surface area (Å²) in [6.45, 7) is 0. The second-order valence-electron chi connectivity index (χ2n) is 6.42. The molecule has 2 N–H and O–H groups in total. The Kier molecular flexibility index (Phi) is 9.18. The van der Waals surface area contributed by atoms with Gasteiger partial charge in [-0.25, -0.2) is 4.39 Å². The number of carbonyl (C=O) groups excluding carboxylic acids is 1. The fraction of sp³-hybridized carbons (Fsp3) is 0.174. The van der Waals surface area contributed by atoms with Gasteiger partial charge in [0, 0.05) is 44.0 Å². The first-order valence-corrected chi connectivity index (χ1v) is 9.99. The van der Waals surface area contributed by atoms with Crippen LogP contribution in [-0.2, 0) is 4.18 Å². The molecule has 158 valence electrons. The van der Waals surface area contributed by atoms with Gasteiger partial charge in [-0.3, -0.25) is 4.79 Å². The number of benzene rings is 3. The number of hydrogen-bond donors (Lipinski definition) is 2. The van der Waals surface area contributed by atoms with E-state index in [0.29, 0.717) is 11.3 Å². The molecular formula is C23H26FN3O2S. The second-order valence-corrected chi connectivity index (χ2v) is 7.12. The van der Waals surface area contributed by atoms with Gasteiger partial charge in [0.15, 0.2) is 6.29 Å². The third-order valence-corrected chi connectivity index (χ3v) is 4.71. The van der Waals surface area contributed by atoms with Gasteiger partial charge in [0.05, 0.1) is 18.5 Å². The third-order valence-electron chi connectivity index (χ3n) is 4.24. The summed E-state index contributed by atoms with van der Waals surface area (Å²) in [5.41, 5.74) is 4.57. The lowest BCUT2D eigenvalue weighted by Crippen LogP contribution is -2.10. The van der Waals surface area contributed by atoms with Crippen molar-refractivity contribution < 1.29 is 13.4 Å². The van der Waals surface area contributed by atoms with Crippen molar-refractivity contribution in [3.63, 3.8) is 0 Å². The number of carbonyl (C=O) groups is 1. The van der Waals surface area contributed by atoms with E-state index in [4.69, 9.17) is 4.18 Å². The van der Waals surface area contributed by atoms with Crippen molar-refractivity contribution in [2.75, 3.05) is 43.2 Å². The Labute approximate surface area is 181 Å². The minimum Gasteiger partial charge on any atom is -0.386 e. The zero-order chi connectivity index (χ0) is 21.9. The molecule has 0 amide bonds. The first-order valence-electron chi connectivity index (χ1n) is 9.25. The minimum absolute atomic E-state index is 0.274. The summed E-state index contributed by atoms with van der Waals surface area (Å²) in [5, 5.41) is 3.04. The highest BCUT2D eigenvalue weighted by Crippen LogP contribution is 2.32. The Morgan fingerprint density at radius 2 is 1.67 bits per heavy atom. The summed E-state index contributed by atoms with van der Waals surface area (Å²) in [7, 11) is 7.18. The Bertz CT molecular complexity index is 952. The van der Waals surface area contributed by atoms with Crippen LogP contribution in [0.15, 0.2) is 66.7 Å². The van der Waals surface area contributed by atoms with E-state index in [1.165, 1.54) is 6.07 Å². The molecule has 0 atom stereocenters.